The molecule has 1 amide bonds. The topological polar surface area (TPSA) is 95.1 Å². The van der Waals surface area contributed by atoms with Gasteiger partial charge in [0.1, 0.15) is 5.69 Å². The van der Waals surface area contributed by atoms with Gasteiger partial charge in [-0.15, -0.1) is 0 Å². The van der Waals surface area contributed by atoms with Gasteiger partial charge in [-0.2, -0.15) is 0 Å². The van der Waals surface area contributed by atoms with Crippen LogP contribution in [0.2, 0.25) is 0 Å². The van der Waals surface area contributed by atoms with Gasteiger partial charge >= 0.3 is 0 Å². The summed E-state index contributed by atoms with van der Waals surface area (Å²) in [5.74, 6) is -0.440. The number of aliphatic hydroxyl groups excluding tert-OH is 1. The molecule has 6 heteroatoms. The number of carbonyl (C=O) groups is 1. The van der Waals surface area contributed by atoms with Crippen LogP contribution in [0.4, 0.5) is 0 Å². The minimum Gasteiger partial charge on any atom is -0.394 e. The first kappa shape index (κ1) is 11.4. The lowest BCUT2D eigenvalue weighted by Crippen LogP contribution is -2.46. The van der Waals surface area contributed by atoms with E-state index < -0.39 is 11.4 Å². The first-order valence-corrected chi connectivity index (χ1v) is 4.43. The minimum atomic E-state index is -0.713. The highest BCUT2D eigenvalue weighted by molar-refractivity contribution is 5.92. The third kappa shape index (κ3) is 3.17. The van der Waals surface area contributed by atoms with Crippen LogP contribution in [0.3, 0.4) is 0 Å². The molecular weight excluding hydrogens is 198 g/mol. The molecule has 0 aromatic carbocycles. The Labute approximate surface area is 86.4 Å². The number of aliphatic hydroxyl groups is 1. The van der Waals surface area contributed by atoms with Gasteiger partial charge in [0.15, 0.2) is 0 Å². The number of nitrogens with zero attached hydrogens (tertiary/aromatic N) is 1. The molecule has 0 aliphatic carbocycles. The number of nitrogens with one attached hydrogen (secondary N) is 2. The van der Waals surface area contributed by atoms with Crippen molar-refractivity contribution in [1.29, 1.82) is 0 Å². The van der Waals surface area contributed by atoms with Gasteiger partial charge in [0.05, 0.1) is 18.3 Å². The molecule has 0 spiro atoms. The van der Waals surface area contributed by atoms with Crippen LogP contribution in [0.25, 0.3) is 0 Å². The molecule has 1 aromatic rings. The van der Waals surface area contributed by atoms with E-state index in [0.29, 0.717) is 0 Å². The number of H-pyrrole nitrogens is 1. The fraction of sp³-hybridized carbons (Fsp3) is 0.444. The predicted molar refractivity (Wildman–Crippen MR) is 53.5 cm³/mol. The third-order valence-corrected chi connectivity index (χ3v) is 1.75. The molecule has 0 atom stereocenters. The molecule has 15 heavy (non-hydrogen) atoms. The molecule has 0 bridgehead atoms. The lowest BCUT2D eigenvalue weighted by Gasteiger charge is -2.22. The van der Waals surface area contributed by atoms with Crippen LogP contribution in [-0.4, -0.2) is 33.1 Å². The molecule has 0 fully saturated rings. The van der Waals surface area contributed by atoms with Crippen molar-refractivity contribution < 1.29 is 9.90 Å². The van der Waals surface area contributed by atoms with Crippen molar-refractivity contribution in [2.75, 3.05) is 6.61 Å². The van der Waals surface area contributed by atoms with E-state index in [0.717, 1.165) is 6.20 Å². The van der Waals surface area contributed by atoms with Gasteiger partial charge in [-0.3, -0.25) is 9.59 Å². The summed E-state index contributed by atoms with van der Waals surface area (Å²) in [6.07, 6.45) is 2.26. The van der Waals surface area contributed by atoms with Crippen molar-refractivity contribution in [3.8, 4) is 0 Å². The minimum absolute atomic E-state index is 0.108. The lowest BCUT2D eigenvalue weighted by atomic mass is 10.1. The zero-order valence-electron chi connectivity index (χ0n) is 8.57. The van der Waals surface area contributed by atoms with Crippen molar-refractivity contribution in [3.05, 3.63) is 28.4 Å². The second-order valence-electron chi connectivity index (χ2n) is 3.79. The van der Waals surface area contributed by atoms with Crippen molar-refractivity contribution in [2.45, 2.75) is 19.4 Å². The van der Waals surface area contributed by atoms with Crippen molar-refractivity contribution >= 4 is 5.91 Å². The van der Waals surface area contributed by atoms with Crippen LogP contribution in [-0.2, 0) is 0 Å². The fourth-order valence-electron chi connectivity index (χ4n) is 0.877. The number of hydrogen-bond donors (Lipinski definition) is 3. The summed E-state index contributed by atoms with van der Waals surface area (Å²) in [7, 11) is 0. The van der Waals surface area contributed by atoms with E-state index in [9.17, 15) is 9.59 Å². The van der Waals surface area contributed by atoms with Gasteiger partial charge in [-0.05, 0) is 13.8 Å². The molecule has 1 rings (SSSR count). The quantitative estimate of drug-likeness (QED) is 0.614. The van der Waals surface area contributed by atoms with Crippen LogP contribution in [0.15, 0.2) is 17.2 Å². The van der Waals surface area contributed by atoms with E-state index >= 15 is 0 Å². The third-order valence-electron chi connectivity index (χ3n) is 1.75. The standard InChI is InChI=1S/C9H13N3O3/c1-9(2,5-13)12-8(15)6-3-11-7(14)4-10-6/h3-4,13H,5H2,1-2H3,(H,11,14)(H,12,15). The number of aromatic nitrogens is 2. The highest BCUT2D eigenvalue weighted by atomic mass is 16.3. The summed E-state index contributed by atoms with van der Waals surface area (Å²) >= 11 is 0. The fourth-order valence-corrected chi connectivity index (χ4v) is 0.877. The smallest absolute Gasteiger partial charge is 0.271 e. The van der Waals surface area contributed by atoms with Crippen LogP contribution < -0.4 is 10.9 Å². The predicted octanol–water partition coefficient (Wildman–Crippen LogP) is -0.729. The Kier molecular flexibility index (Phi) is 3.21. The highest BCUT2D eigenvalue weighted by Gasteiger charge is 2.20. The Bertz CT molecular complexity index is 391. The average molecular weight is 211 g/mol. The lowest BCUT2D eigenvalue weighted by molar-refractivity contribution is 0.0864. The maximum absolute atomic E-state index is 11.5. The Hall–Kier alpha value is -1.69. The van der Waals surface area contributed by atoms with Gasteiger partial charge in [0, 0.05) is 6.20 Å². The molecule has 0 radical (unpaired) electrons. The second kappa shape index (κ2) is 4.22. The number of aromatic amines is 1. The summed E-state index contributed by atoms with van der Waals surface area (Å²) in [5, 5.41) is 11.5. The summed E-state index contributed by atoms with van der Waals surface area (Å²) in [5.41, 5.74) is -0.973. The molecule has 0 unspecified atom stereocenters. The Morgan fingerprint density at radius 1 is 1.67 bits per heavy atom. The molecule has 6 nitrogen and oxygen atoms in total. The Morgan fingerprint density at radius 2 is 2.33 bits per heavy atom. The molecule has 1 aromatic heterocycles. The number of rotatable bonds is 3. The Morgan fingerprint density at radius 3 is 2.80 bits per heavy atom. The van der Waals surface area contributed by atoms with Crippen molar-refractivity contribution in [1.82, 2.24) is 15.3 Å². The molecular formula is C9H13N3O3. The van der Waals surface area contributed by atoms with E-state index in [2.05, 4.69) is 15.3 Å². The number of carbonyl (C=O) groups excluding carboxylic acids is 1. The first-order valence-electron chi connectivity index (χ1n) is 4.43. The number of hydrogen-bond acceptors (Lipinski definition) is 4. The van der Waals surface area contributed by atoms with Crippen molar-refractivity contribution in [3.63, 3.8) is 0 Å². The summed E-state index contributed by atoms with van der Waals surface area (Å²) in [6.45, 7) is 3.18. The average Bonchev–Trinajstić information content (AvgIpc) is 2.18. The van der Waals surface area contributed by atoms with Crippen molar-refractivity contribution in [2.24, 2.45) is 0 Å². The highest BCUT2D eigenvalue weighted by Crippen LogP contribution is 2.01. The van der Waals surface area contributed by atoms with Crippen LogP contribution in [0, 0.1) is 0 Å². The summed E-state index contributed by atoms with van der Waals surface area (Å²) < 4.78 is 0. The van der Waals surface area contributed by atoms with Gasteiger partial charge in [-0.25, -0.2) is 4.98 Å². The summed E-state index contributed by atoms with van der Waals surface area (Å²) in [4.78, 5) is 28.2. The first-order chi connectivity index (χ1) is 6.94. The zero-order chi connectivity index (χ0) is 11.5. The van der Waals surface area contributed by atoms with Crippen LogP contribution in [0.1, 0.15) is 24.3 Å². The second-order valence-corrected chi connectivity index (χ2v) is 3.79. The van der Waals surface area contributed by atoms with Gasteiger partial charge in [0.25, 0.3) is 11.5 Å². The van der Waals surface area contributed by atoms with Crippen LogP contribution >= 0.6 is 0 Å². The largest absolute Gasteiger partial charge is 0.394 e. The summed E-state index contributed by atoms with van der Waals surface area (Å²) in [6, 6.07) is 0. The molecule has 0 saturated heterocycles. The van der Waals surface area contributed by atoms with E-state index in [4.69, 9.17) is 5.11 Å². The molecule has 82 valence electrons. The number of amides is 1. The van der Waals surface area contributed by atoms with Crippen LogP contribution in [0.5, 0.6) is 0 Å². The van der Waals surface area contributed by atoms with E-state index in [1.807, 2.05) is 0 Å². The van der Waals surface area contributed by atoms with Gasteiger partial charge in [-0.1, -0.05) is 0 Å². The van der Waals surface area contributed by atoms with E-state index in [1.54, 1.807) is 13.8 Å². The molecule has 1 heterocycles. The molecule has 0 aliphatic rings. The maximum atomic E-state index is 11.5. The van der Waals surface area contributed by atoms with Gasteiger partial charge in [0.2, 0.25) is 0 Å². The monoisotopic (exact) mass is 211 g/mol. The zero-order valence-corrected chi connectivity index (χ0v) is 8.57. The maximum Gasteiger partial charge on any atom is 0.271 e. The SMILES string of the molecule is CC(C)(CO)NC(=O)c1c[nH]c(=O)cn1. The van der Waals surface area contributed by atoms with Gasteiger partial charge < -0.3 is 15.4 Å². The Balaban J connectivity index is 2.78. The molecule has 3 N–H and O–H groups in total. The van der Waals surface area contributed by atoms with E-state index in [1.165, 1.54) is 6.20 Å². The molecule has 0 saturated carbocycles. The van der Waals surface area contributed by atoms with E-state index in [-0.39, 0.29) is 17.9 Å². The molecule has 0 aliphatic heterocycles. The normalized spacial score (nSPS) is 11.1.